The second-order valence-electron chi connectivity index (χ2n) is 4.74. The second kappa shape index (κ2) is 6.43. The zero-order valence-electron chi connectivity index (χ0n) is 11.6. The van der Waals surface area contributed by atoms with E-state index in [9.17, 15) is 4.39 Å². The quantitative estimate of drug-likeness (QED) is 0.911. The second-order valence-corrected chi connectivity index (χ2v) is 4.74. The van der Waals surface area contributed by atoms with E-state index in [1.54, 1.807) is 37.5 Å². The van der Waals surface area contributed by atoms with Gasteiger partial charge in [-0.15, -0.1) is 0 Å². The summed E-state index contributed by atoms with van der Waals surface area (Å²) >= 11 is 0. The third-order valence-corrected chi connectivity index (χ3v) is 3.06. The molecule has 2 aromatic rings. The first-order valence-corrected chi connectivity index (χ1v) is 6.59. The summed E-state index contributed by atoms with van der Waals surface area (Å²) < 4.78 is 19.1. The zero-order valence-corrected chi connectivity index (χ0v) is 11.6. The van der Waals surface area contributed by atoms with E-state index in [1.165, 1.54) is 0 Å². The molecule has 1 unspecified atom stereocenters. The summed E-state index contributed by atoms with van der Waals surface area (Å²) in [4.78, 5) is 8.15. The lowest BCUT2D eigenvalue weighted by atomic mass is 10.1. The molecule has 0 radical (unpaired) electrons. The van der Waals surface area contributed by atoms with Crippen molar-refractivity contribution in [3.63, 3.8) is 0 Å². The van der Waals surface area contributed by atoms with E-state index in [-0.39, 0.29) is 17.8 Å². The van der Waals surface area contributed by atoms with Crippen molar-refractivity contribution in [3.8, 4) is 11.8 Å². The van der Waals surface area contributed by atoms with Gasteiger partial charge < -0.3 is 10.5 Å². The molecular weight excluding hydrogens is 257 g/mol. The van der Waals surface area contributed by atoms with Crippen LogP contribution in [0.4, 0.5) is 4.39 Å². The van der Waals surface area contributed by atoms with Crippen molar-refractivity contribution in [3.05, 3.63) is 47.5 Å². The van der Waals surface area contributed by atoms with Crippen LogP contribution < -0.4 is 10.5 Å². The number of benzene rings is 1. The predicted octanol–water partition coefficient (Wildman–Crippen LogP) is 3.00. The highest BCUT2D eigenvalue weighted by atomic mass is 19.1. The number of hydrogen-bond donors (Lipinski definition) is 1. The molecule has 0 saturated heterocycles. The highest BCUT2D eigenvalue weighted by Gasteiger charge is 2.09. The lowest BCUT2D eigenvalue weighted by Gasteiger charge is -2.09. The van der Waals surface area contributed by atoms with Crippen LogP contribution in [0.3, 0.4) is 0 Å². The van der Waals surface area contributed by atoms with Crippen molar-refractivity contribution in [2.45, 2.75) is 32.7 Å². The van der Waals surface area contributed by atoms with Gasteiger partial charge in [0, 0.05) is 18.4 Å². The summed E-state index contributed by atoms with van der Waals surface area (Å²) in [6.07, 6.45) is 4.93. The van der Waals surface area contributed by atoms with Crippen LogP contribution in [-0.4, -0.2) is 16.0 Å². The maximum Gasteiger partial charge on any atom is 0.321 e. The van der Waals surface area contributed by atoms with E-state index < -0.39 is 5.82 Å². The van der Waals surface area contributed by atoms with Crippen LogP contribution in [0.2, 0.25) is 0 Å². The van der Waals surface area contributed by atoms with E-state index in [4.69, 9.17) is 10.5 Å². The van der Waals surface area contributed by atoms with Crippen LogP contribution >= 0.6 is 0 Å². The van der Waals surface area contributed by atoms with Crippen molar-refractivity contribution < 1.29 is 9.13 Å². The van der Waals surface area contributed by atoms with Crippen molar-refractivity contribution in [2.24, 2.45) is 5.73 Å². The molecule has 20 heavy (non-hydrogen) atoms. The maximum atomic E-state index is 13.8. The number of ether oxygens (including phenoxy) is 1. The van der Waals surface area contributed by atoms with Gasteiger partial charge in [0.05, 0.1) is 0 Å². The van der Waals surface area contributed by atoms with Crippen LogP contribution in [-0.2, 0) is 6.42 Å². The number of nitrogens with zero attached hydrogens (tertiary/aromatic N) is 2. The summed E-state index contributed by atoms with van der Waals surface area (Å²) in [5, 5.41) is 0. The van der Waals surface area contributed by atoms with E-state index in [0.717, 1.165) is 18.4 Å². The topological polar surface area (TPSA) is 61.0 Å². The highest BCUT2D eigenvalue weighted by Crippen LogP contribution is 2.23. The van der Waals surface area contributed by atoms with Gasteiger partial charge in [-0.1, -0.05) is 19.1 Å². The number of aromatic nitrogens is 2. The summed E-state index contributed by atoms with van der Waals surface area (Å²) in [5.41, 5.74) is 7.33. The number of aryl methyl sites for hydroxylation is 1. The summed E-state index contributed by atoms with van der Waals surface area (Å²) in [7, 11) is 0. The van der Waals surface area contributed by atoms with Gasteiger partial charge in [0.25, 0.3) is 0 Å². The molecule has 106 valence electrons. The SMILES string of the molecule is CCC(N)Cc1cnc(Oc2cccc(C)c2F)nc1. The van der Waals surface area contributed by atoms with Gasteiger partial charge in [0.2, 0.25) is 0 Å². The normalized spacial score (nSPS) is 12.2. The Kier molecular flexibility index (Phi) is 4.63. The molecule has 1 atom stereocenters. The molecule has 0 bridgehead atoms. The van der Waals surface area contributed by atoms with Gasteiger partial charge in [-0.3, -0.25) is 0 Å². The van der Waals surface area contributed by atoms with E-state index in [2.05, 4.69) is 9.97 Å². The van der Waals surface area contributed by atoms with E-state index in [0.29, 0.717) is 5.56 Å². The molecule has 0 spiro atoms. The van der Waals surface area contributed by atoms with Gasteiger partial charge in [-0.2, -0.15) is 0 Å². The van der Waals surface area contributed by atoms with Crippen molar-refractivity contribution >= 4 is 0 Å². The maximum absolute atomic E-state index is 13.8. The number of hydrogen-bond acceptors (Lipinski definition) is 4. The van der Waals surface area contributed by atoms with Crippen LogP contribution in [0.15, 0.2) is 30.6 Å². The molecule has 0 fully saturated rings. The van der Waals surface area contributed by atoms with Gasteiger partial charge in [-0.05, 0) is 37.0 Å². The largest absolute Gasteiger partial charge is 0.421 e. The first-order chi connectivity index (χ1) is 9.60. The minimum absolute atomic E-state index is 0.0968. The molecule has 0 saturated carbocycles. The molecule has 2 N–H and O–H groups in total. The Morgan fingerprint density at radius 2 is 2.00 bits per heavy atom. The van der Waals surface area contributed by atoms with Crippen LogP contribution in [0, 0.1) is 12.7 Å². The minimum Gasteiger partial charge on any atom is -0.421 e. The summed E-state index contributed by atoms with van der Waals surface area (Å²) in [6, 6.07) is 5.18. The fraction of sp³-hybridized carbons (Fsp3) is 0.333. The molecular formula is C15H18FN3O. The first kappa shape index (κ1) is 14.4. The summed E-state index contributed by atoms with van der Waals surface area (Å²) in [5.74, 6) is -0.267. The average Bonchev–Trinajstić information content (AvgIpc) is 2.46. The Balaban J connectivity index is 2.09. The molecule has 5 heteroatoms. The third-order valence-electron chi connectivity index (χ3n) is 3.06. The van der Waals surface area contributed by atoms with Crippen LogP contribution in [0.5, 0.6) is 11.8 Å². The molecule has 1 heterocycles. The van der Waals surface area contributed by atoms with Crippen molar-refractivity contribution in [1.82, 2.24) is 9.97 Å². The fourth-order valence-corrected chi connectivity index (χ4v) is 1.75. The fourth-order valence-electron chi connectivity index (χ4n) is 1.75. The van der Waals surface area contributed by atoms with Crippen LogP contribution in [0.1, 0.15) is 24.5 Å². The first-order valence-electron chi connectivity index (χ1n) is 6.59. The average molecular weight is 275 g/mol. The molecule has 2 rings (SSSR count). The molecule has 0 aliphatic heterocycles. The Morgan fingerprint density at radius 3 is 2.65 bits per heavy atom. The van der Waals surface area contributed by atoms with Crippen molar-refractivity contribution in [1.29, 1.82) is 0 Å². The molecule has 1 aromatic heterocycles. The number of nitrogens with two attached hydrogens (primary N) is 1. The Bertz CT molecular complexity index is 572. The Morgan fingerprint density at radius 1 is 1.30 bits per heavy atom. The van der Waals surface area contributed by atoms with E-state index >= 15 is 0 Å². The minimum atomic E-state index is -0.395. The van der Waals surface area contributed by atoms with Crippen molar-refractivity contribution in [2.75, 3.05) is 0 Å². The van der Waals surface area contributed by atoms with Gasteiger partial charge >= 0.3 is 6.01 Å². The standard InChI is InChI=1S/C15H18FN3O/c1-3-12(17)7-11-8-18-15(19-9-11)20-13-6-4-5-10(2)14(13)16/h4-6,8-9,12H,3,7,17H2,1-2H3. The third kappa shape index (κ3) is 3.51. The lowest BCUT2D eigenvalue weighted by molar-refractivity contribution is 0.408. The molecule has 4 nitrogen and oxygen atoms in total. The number of rotatable bonds is 5. The smallest absolute Gasteiger partial charge is 0.321 e. The number of halogens is 1. The van der Waals surface area contributed by atoms with Gasteiger partial charge in [0.15, 0.2) is 11.6 Å². The Hall–Kier alpha value is -2.01. The van der Waals surface area contributed by atoms with Crippen LogP contribution in [0.25, 0.3) is 0 Å². The Labute approximate surface area is 117 Å². The molecule has 0 amide bonds. The van der Waals surface area contributed by atoms with Gasteiger partial charge in [0.1, 0.15) is 0 Å². The monoisotopic (exact) mass is 275 g/mol. The predicted molar refractivity (Wildman–Crippen MR) is 75.2 cm³/mol. The molecule has 1 aromatic carbocycles. The summed E-state index contributed by atoms with van der Waals surface area (Å²) in [6.45, 7) is 3.71. The molecule has 0 aliphatic rings. The zero-order chi connectivity index (χ0) is 14.5. The lowest BCUT2D eigenvalue weighted by Crippen LogP contribution is -2.21. The molecule has 0 aliphatic carbocycles. The van der Waals surface area contributed by atoms with Gasteiger partial charge in [-0.25, -0.2) is 14.4 Å². The highest BCUT2D eigenvalue weighted by molar-refractivity contribution is 5.32. The van der Waals surface area contributed by atoms with E-state index in [1.807, 2.05) is 6.92 Å².